The van der Waals surface area contributed by atoms with Gasteiger partial charge in [0.05, 0.1) is 0 Å². The zero-order valence-electron chi connectivity index (χ0n) is 20.0. The van der Waals surface area contributed by atoms with Crippen LogP contribution in [0.4, 0.5) is 0 Å². The first-order valence-corrected chi connectivity index (χ1v) is 13.7. The molecule has 0 fully saturated rings. The number of hydrazine groups is 1. The normalized spacial score (nSPS) is 16.3. The van der Waals surface area contributed by atoms with Crippen LogP contribution in [0, 0.1) is 6.07 Å². The van der Waals surface area contributed by atoms with E-state index in [9.17, 15) is 8.42 Å². The fourth-order valence-corrected chi connectivity index (χ4v) is 5.54. The van der Waals surface area contributed by atoms with Crippen molar-refractivity contribution in [2.45, 2.75) is 44.2 Å². The average molecular weight is 576 g/mol. The van der Waals surface area contributed by atoms with E-state index in [1.54, 1.807) is 17.5 Å². The SMILES string of the molecule is CC.CCC1=C2NC(c3[c-]cccc3)=CC(=NCCCCNS(=O)(=O)c3cccs3)N2NC1.[Y]. The fourth-order valence-electron chi connectivity index (χ4n) is 3.43. The topological polar surface area (TPSA) is 85.8 Å². The molecule has 3 heterocycles. The number of sulfonamides is 1. The van der Waals surface area contributed by atoms with E-state index in [4.69, 9.17) is 4.99 Å². The number of nitrogens with one attached hydrogen (secondary N) is 3. The van der Waals surface area contributed by atoms with Crippen LogP contribution in [0.1, 0.15) is 45.6 Å². The van der Waals surface area contributed by atoms with E-state index in [1.807, 2.05) is 49.2 Å². The number of amidine groups is 1. The van der Waals surface area contributed by atoms with Gasteiger partial charge in [-0.3, -0.25) is 4.99 Å². The molecular formula is C24H32N5O2S2Y-. The second-order valence-corrected chi connectivity index (χ2v) is 10.2. The van der Waals surface area contributed by atoms with Crippen molar-refractivity contribution < 1.29 is 41.1 Å². The third-order valence-corrected chi connectivity index (χ3v) is 7.96. The number of fused-ring (bicyclic) bond motifs is 1. The molecule has 0 atom stereocenters. The van der Waals surface area contributed by atoms with Crippen LogP contribution in [-0.2, 0) is 42.7 Å². The third-order valence-electron chi connectivity index (χ3n) is 5.10. The van der Waals surface area contributed by atoms with E-state index in [-0.39, 0.29) is 32.7 Å². The van der Waals surface area contributed by atoms with Crippen molar-refractivity contribution in [3.8, 4) is 0 Å². The Kier molecular flexibility index (Phi) is 12.1. The summed E-state index contributed by atoms with van der Waals surface area (Å²) in [5, 5.41) is 7.29. The predicted molar refractivity (Wildman–Crippen MR) is 136 cm³/mol. The second-order valence-electron chi connectivity index (χ2n) is 7.21. The molecule has 1 aromatic carbocycles. The zero-order valence-corrected chi connectivity index (χ0v) is 24.4. The van der Waals surface area contributed by atoms with E-state index in [0.717, 1.165) is 48.7 Å². The number of rotatable bonds is 9. The summed E-state index contributed by atoms with van der Waals surface area (Å²) in [5.74, 6) is 1.89. The summed E-state index contributed by atoms with van der Waals surface area (Å²) in [6, 6.07) is 14.5. The summed E-state index contributed by atoms with van der Waals surface area (Å²) in [6.07, 6.45) is 4.49. The van der Waals surface area contributed by atoms with Crippen molar-refractivity contribution in [3.05, 3.63) is 70.9 Å². The van der Waals surface area contributed by atoms with E-state index >= 15 is 0 Å². The molecule has 0 spiro atoms. The van der Waals surface area contributed by atoms with Gasteiger partial charge in [0.25, 0.3) is 0 Å². The number of nitrogens with zero attached hydrogens (tertiary/aromatic N) is 2. The molecule has 7 nitrogen and oxygen atoms in total. The van der Waals surface area contributed by atoms with Crippen molar-refractivity contribution in [1.29, 1.82) is 0 Å². The van der Waals surface area contributed by atoms with E-state index in [0.29, 0.717) is 17.3 Å². The van der Waals surface area contributed by atoms with Crippen molar-refractivity contribution in [2.75, 3.05) is 19.6 Å². The molecule has 0 aliphatic carbocycles. The summed E-state index contributed by atoms with van der Waals surface area (Å²) in [6.45, 7) is 7.96. The molecular weight excluding hydrogens is 543 g/mol. The van der Waals surface area contributed by atoms with Gasteiger partial charge in [0.2, 0.25) is 10.0 Å². The van der Waals surface area contributed by atoms with Crippen LogP contribution in [0.5, 0.6) is 0 Å². The Morgan fingerprint density at radius 1 is 1.21 bits per heavy atom. The zero-order chi connectivity index (χ0) is 23.7. The van der Waals surface area contributed by atoms with Crippen LogP contribution in [0.25, 0.3) is 5.70 Å². The van der Waals surface area contributed by atoms with E-state index < -0.39 is 10.0 Å². The maximum atomic E-state index is 12.2. The molecule has 0 saturated carbocycles. The van der Waals surface area contributed by atoms with Crippen LogP contribution in [0.3, 0.4) is 0 Å². The van der Waals surface area contributed by atoms with Gasteiger partial charge in [0.15, 0.2) is 0 Å². The molecule has 0 bridgehead atoms. The smallest absolute Gasteiger partial charge is 0.250 e. The minimum atomic E-state index is -3.40. The number of benzene rings is 1. The maximum Gasteiger partial charge on any atom is 0.250 e. The molecule has 4 rings (SSSR count). The van der Waals surface area contributed by atoms with Gasteiger partial charge < -0.3 is 5.32 Å². The van der Waals surface area contributed by atoms with Gasteiger partial charge in [-0.1, -0.05) is 26.8 Å². The summed E-state index contributed by atoms with van der Waals surface area (Å²) < 4.78 is 27.3. The van der Waals surface area contributed by atoms with Crippen LogP contribution in [0.2, 0.25) is 0 Å². The van der Waals surface area contributed by atoms with Gasteiger partial charge in [0.1, 0.15) is 15.9 Å². The summed E-state index contributed by atoms with van der Waals surface area (Å²) >= 11 is 1.22. The Morgan fingerprint density at radius 3 is 2.71 bits per heavy atom. The summed E-state index contributed by atoms with van der Waals surface area (Å²) in [5.41, 5.74) is 6.66. The van der Waals surface area contributed by atoms with Crippen molar-refractivity contribution in [1.82, 2.24) is 20.5 Å². The molecule has 181 valence electrons. The minimum absolute atomic E-state index is 0. The predicted octanol–water partition coefficient (Wildman–Crippen LogP) is 4.12. The van der Waals surface area contributed by atoms with Gasteiger partial charge in [0, 0.05) is 52.3 Å². The van der Waals surface area contributed by atoms with E-state index in [1.165, 1.54) is 16.9 Å². The molecule has 0 saturated heterocycles. The van der Waals surface area contributed by atoms with Gasteiger partial charge in [-0.15, -0.1) is 47.2 Å². The first-order chi connectivity index (χ1) is 16.1. The minimum Gasteiger partial charge on any atom is -0.380 e. The standard InChI is InChI=1S/C22H26N5O2S2.C2H6.Y/c1-2-17-16-24-27-20(15-19(26-22(17)27)18-9-4-3-5-10-18)23-12-6-7-13-25-31(28,29)21-11-8-14-30-21;1-2;/h3-5,8-9,11,14-15,24-26H,2,6-7,12-13,16H2,1H3;1-2H3;/q-1;;. The molecule has 1 aromatic heterocycles. The van der Waals surface area contributed by atoms with Crippen LogP contribution >= 0.6 is 11.3 Å². The number of hydrogen-bond acceptors (Lipinski definition) is 6. The number of aliphatic imine (C=N–C) groups is 1. The van der Waals surface area contributed by atoms with Crippen LogP contribution in [0.15, 0.2) is 68.4 Å². The van der Waals surface area contributed by atoms with Crippen LogP contribution < -0.4 is 15.5 Å². The molecule has 10 heteroatoms. The molecule has 1 radical (unpaired) electrons. The Balaban J connectivity index is 0.00000133. The molecule has 2 aliphatic rings. The monoisotopic (exact) mass is 575 g/mol. The first kappa shape index (κ1) is 28.9. The van der Waals surface area contributed by atoms with Crippen molar-refractivity contribution in [2.24, 2.45) is 4.99 Å². The van der Waals surface area contributed by atoms with Crippen molar-refractivity contribution in [3.63, 3.8) is 0 Å². The van der Waals surface area contributed by atoms with Crippen molar-refractivity contribution >= 4 is 32.9 Å². The first-order valence-electron chi connectivity index (χ1n) is 11.4. The molecule has 2 aromatic rings. The van der Waals surface area contributed by atoms with Crippen LogP contribution in [-0.4, -0.2) is 38.9 Å². The molecule has 0 unspecified atom stereocenters. The Morgan fingerprint density at radius 2 is 2.03 bits per heavy atom. The number of unbranched alkanes of at least 4 members (excludes halogenated alkanes) is 1. The van der Waals surface area contributed by atoms with Gasteiger partial charge in [-0.2, -0.15) is 0 Å². The molecule has 2 aliphatic heterocycles. The Bertz CT molecular complexity index is 1100. The number of thiophene rings is 1. The second kappa shape index (κ2) is 14.3. The molecule has 3 N–H and O–H groups in total. The van der Waals surface area contributed by atoms with Gasteiger partial charge in [-0.25, -0.2) is 23.6 Å². The Hall–Kier alpha value is -1.36. The quantitative estimate of drug-likeness (QED) is 0.310. The average Bonchev–Trinajstić information content (AvgIpc) is 3.53. The van der Waals surface area contributed by atoms with E-state index in [2.05, 4.69) is 28.5 Å². The maximum absolute atomic E-state index is 12.2. The van der Waals surface area contributed by atoms with Gasteiger partial charge in [-0.05, 0) is 48.1 Å². The summed E-state index contributed by atoms with van der Waals surface area (Å²) in [4.78, 5) is 4.79. The molecule has 0 amide bonds. The fraction of sp³-hybridized carbons (Fsp3) is 0.375. The van der Waals surface area contributed by atoms with Gasteiger partial charge >= 0.3 is 0 Å². The third kappa shape index (κ3) is 7.32. The summed E-state index contributed by atoms with van der Waals surface area (Å²) in [7, 11) is -3.40. The molecule has 34 heavy (non-hydrogen) atoms. The largest absolute Gasteiger partial charge is 0.380 e. The number of hydrogen-bond donors (Lipinski definition) is 3. The Labute approximate surface area is 232 Å².